The van der Waals surface area contributed by atoms with Crippen LogP contribution in [0.3, 0.4) is 0 Å². The van der Waals surface area contributed by atoms with Crippen molar-refractivity contribution in [3.8, 4) is 44.5 Å². The molecular formula is C46H40O2Si. The molecule has 2 nitrogen and oxygen atoms in total. The molecule has 0 saturated heterocycles. The highest BCUT2D eigenvalue weighted by Gasteiger charge is 2.49. The third kappa shape index (κ3) is 5.09. The highest BCUT2D eigenvalue weighted by molar-refractivity contribution is 6.95. The number of fused-ring (bicyclic) bond motifs is 4. The number of benzene rings is 4. The van der Waals surface area contributed by atoms with Gasteiger partial charge in [0.1, 0.15) is 0 Å². The summed E-state index contributed by atoms with van der Waals surface area (Å²) in [5.74, 6) is 0. The van der Waals surface area contributed by atoms with Crippen LogP contribution >= 0.6 is 0 Å². The van der Waals surface area contributed by atoms with Gasteiger partial charge in [0.05, 0.1) is 0 Å². The van der Waals surface area contributed by atoms with E-state index in [1.165, 1.54) is 87.6 Å². The quantitative estimate of drug-likeness (QED) is 0.152. The molecule has 0 radical (unpaired) electrons. The third-order valence-electron chi connectivity index (χ3n) is 10.00. The average Bonchev–Trinajstić information content (AvgIpc) is 3.45. The van der Waals surface area contributed by atoms with E-state index in [4.69, 9.17) is 8.85 Å². The fraction of sp³-hybridized carbons (Fsp3) is 0.130. The molecule has 3 heteroatoms. The fourth-order valence-corrected chi connectivity index (χ4v) is 12.2. The average molecular weight is 653 g/mol. The zero-order chi connectivity index (χ0) is 33.5. The summed E-state index contributed by atoms with van der Waals surface area (Å²) < 4.78 is 14.3. The van der Waals surface area contributed by atoms with Crippen LogP contribution in [0.25, 0.3) is 66.1 Å². The predicted molar refractivity (Wildman–Crippen MR) is 210 cm³/mol. The van der Waals surface area contributed by atoms with Crippen molar-refractivity contribution < 1.29 is 8.85 Å². The predicted octanol–water partition coefficient (Wildman–Crippen LogP) is 10.8. The summed E-state index contributed by atoms with van der Waals surface area (Å²) in [5, 5.41) is 7.40. The zero-order valence-corrected chi connectivity index (χ0v) is 29.6. The van der Waals surface area contributed by atoms with Gasteiger partial charge in [0.2, 0.25) is 0 Å². The van der Waals surface area contributed by atoms with E-state index < -0.39 is 8.56 Å². The Hall–Kier alpha value is -5.06. The molecule has 240 valence electrons. The van der Waals surface area contributed by atoms with Crippen LogP contribution in [0.4, 0.5) is 0 Å². The molecular weight excluding hydrogens is 613 g/mol. The number of aryl methyl sites for hydroxylation is 2. The first kappa shape index (κ1) is 31.2. The second-order valence-electron chi connectivity index (χ2n) is 12.9. The first-order chi connectivity index (χ1) is 24.1. The normalized spacial score (nSPS) is 12.0. The maximum atomic E-state index is 7.15. The first-order valence-corrected chi connectivity index (χ1v) is 19.2. The fourth-order valence-electron chi connectivity index (χ4n) is 8.13. The summed E-state index contributed by atoms with van der Waals surface area (Å²) in [5.41, 5.74) is 12.2. The van der Waals surface area contributed by atoms with Gasteiger partial charge in [0.15, 0.2) is 0 Å². The van der Waals surface area contributed by atoms with Gasteiger partial charge in [0.25, 0.3) is 0 Å². The molecule has 4 aromatic carbocycles. The lowest BCUT2D eigenvalue weighted by Gasteiger charge is -2.33. The van der Waals surface area contributed by atoms with Crippen LogP contribution < -0.4 is 10.4 Å². The Kier molecular flexibility index (Phi) is 8.13. The smallest absolute Gasteiger partial charge is 0.388 e. The SMILES string of the molecule is CCO[Si](OCC)(c1c(C)cc2c(-c3cccc4ccccc34)ccccc1-2)c1c(C)cc2c(-c3cccc4ccccc34)ccccc1-2. The van der Waals surface area contributed by atoms with Crippen LogP contribution in [0.5, 0.6) is 0 Å². The Labute approximate surface area is 290 Å². The molecule has 0 heterocycles. The van der Waals surface area contributed by atoms with Gasteiger partial charge in [-0.1, -0.05) is 146 Å². The summed E-state index contributed by atoms with van der Waals surface area (Å²) in [6.45, 7) is 9.78. The van der Waals surface area contributed by atoms with Crippen LogP contribution in [0.2, 0.25) is 0 Å². The van der Waals surface area contributed by atoms with Crippen molar-refractivity contribution in [2.24, 2.45) is 0 Å². The van der Waals surface area contributed by atoms with Crippen molar-refractivity contribution in [1.29, 1.82) is 0 Å². The van der Waals surface area contributed by atoms with E-state index in [2.05, 4.69) is 173 Å². The molecule has 0 amide bonds. The maximum absolute atomic E-state index is 7.15. The van der Waals surface area contributed by atoms with E-state index in [-0.39, 0.29) is 0 Å². The molecule has 0 aromatic heterocycles. The summed E-state index contributed by atoms with van der Waals surface area (Å²) in [7, 11) is -3.29. The van der Waals surface area contributed by atoms with Gasteiger partial charge in [-0.25, -0.2) is 0 Å². The molecule has 0 bridgehead atoms. The van der Waals surface area contributed by atoms with Crippen LogP contribution in [-0.2, 0) is 8.85 Å². The molecule has 0 N–H and O–H groups in total. The summed E-state index contributed by atoms with van der Waals surface area (Å²) >= 11 is 0. The second kappa shape index (κ2) is 12.8. The van der Waals surface area contributed by atoms with E-state index in [0.29, 0.717) is 13.2 Å². The Morgan fingerprint density at radius 2 is 0.735 bits per heavy atom. The van der Waals surface area contributed by atoms with E-state index in [9.17, 15) is 0 Å². The minimum Gasteiger partial charge on any atom is -0.388 e. The topological polar surface area (TPSA) is 18.5 Å². The van der Waals surface area contributed by atoms with Crippen LogP contribution in [0.15, 0.2) is 146 Å². The Morgan fingerprint density at radius 1 is 0.388 bits per heavy atom. The zero-order valence-electron chi connectivity index (χ0n) is 28.6. The molecule has 4 aliphatic carbocycles. The highest BCUT2D eigenvalue weighted by atomic mass is 28.4. The van der Waals surface area contributed by atoms with Crippen molar-refractivity contribution >= 4 is 40.5 Å². The monoisotopic (exact) mass is 652 g/mol. The molecule has 0 spiro atoms. The van der Waals surface area contributed by atoms with Crippen LogP contribution in [0, 0.1) is 13.8 Å². The van der Waals surface area contributed by atoms with Crippen molar-refractivity contribution in [3.63, 3.8) is 0 Å². The Bertz CT molecular complexity index is 2230. The van der Waals surface area contributed by atoms with Crippen molar-refractivity contribution in [3.05, 3.63) is 157 Å². The molecule has 8 rings (SSSR count). The van der Waals surface area contributed by atoms with E-state index in [0.717, 1.165) is 0 Å². The summed E-state index contributed by atoms with van der Waals surface area (Å²) in [4.78, 5) is 0. The Balaban J connectivity index is 1.38. The number of hydrogen-bond donors (Lipinski definition) is 0. The van der Waals surface area contributed by atoms with Gasteiger partial charge >= 0.3 is 8.56 Å². The molecule has 0 atom stereocenters. The van der Waals surface area contributed by atoms with Crippen molar-refractivity contribution in [1.82, 2.24) is 0 Å². The molecule has 49 heavy (non-hydrogen) atoms. The minimum absolute atomic E-state index is 0.550. The van der Waals surface area contributed by atoms with Gasteiger partial charge in [-0.15, -0.1) is 0 Å². The molecule has 4 aromatic rings. The summed E-state index contributed by atoms with van der Waals surface area (Å²) in [6, 6.07) is 53.0. The van der Waals surface area contributed by atoms with Gasteiger partial charge in [0, 0.05) is 23.6 Å². The van der Waals surface area contributed by atoms with E-state index in [1.807, 2.05) is 0 Å². The maximum Gasteiger partial charge on any atom is 0.408 e. The molecule has 0 unspecified atom stereocenters. The largest absolute Gasteiger partial charge is 0.408 e. The van der Waals surface area contributed by atoms with Gasteiger partial charge in [-0.3, -0.25) is 0 Å². The minimum atomic E-state index is -3.29. The van der Waals surface area contributed by atoms with E-state index in [1.54, 1.807) is 0 Å². The third-order valence-corrected chi connectivity index (χ3v) is 14.0. The standard InChI is InChI=1S/C46H40O2Si/c1-5-47-49(48-6-2,45-31(3)29-43-39(23-11-13-25-41(43)45)37-27-15-19-33-17-7-9-21-35(33)37)46-32(4)30-44-40(24-12-14-26-42(44)46)38-28-16-20-34-18-8-10-22-36(34)38/h7-30H,5-6H2,1-4H3. The lowest BCUT2D eigenvalue weighted by Crippen LogP contribution is -2.65. The Morgan fingerprint density at radius 3 is 1.16 bits per heavy atom. The van der Waals surface area contributed by atoms with Gasteiger partial charge in [-0.05, 0) is 105 Å². The summed E-state index contributed by atoms with van der Waals surface area (Å²) in [6.07, 6.45) is 0. The molecule has 0 aliphatic heterocycles. The first-order valence-electron chi connectivity index (χ1n) is 17.4. The molecule has 0 saturated carbocycles. The molecule has 0 fully saturated rings. The lowest BCUT2D eigenvalue weighted by molar-refractivity contribution is 0.208. The van der Waals surface area contributed by atoms with Gasteiger partial charge in [-0.2, -0.15) is 0 Å². The van der Waals surface area contributed by atoms with E-state index >= 15 is 0 Å². The number of rotatable bonds is 8. The van der Waals surface area contributed by atoms with Crippen LogP contribution in [-0.4, -0.2) is 21.8 Å². The molecule has 4 aliphatic rings. The van der Waals surface area contributed by atoms with Crippen molar-refractivity contribution in [2.45, 2.75) is 27.7 Å². The number of hydrogen-bond acceptors (Lipinski definition) is 2. The highest BCUT2D eigenvalue weighted by Crippen LogP contribution is 2.42. The lowest BCUT2D eigenvalue weighted by atomic mass is 9.95. The van der Waals surface area contributed by atoms with Crippen molar-refractivity contribution in [2.75, 3.05) is 13.2 Å². The second-order valence-corrected chi connectivity index (χ2v) is 15.7. The van der Waals surface area contributed by atoms with Crippen LogP contribution in [0.1, 0.15) is 25.0 Å². The van der Waals surface area contributed by atoms with Gasteiger partial charge < -0.3 is 8.85 Å².